The fraction of sp³-hybridized carbons (Fsp3) is 0.462. The number of rotatable bonds is 4. The number of hydrogen-bond acceptors (Lipinski definition) is 3. The largest absolute Gasteiger partial charge is 0.504 e. The van der Waals surface area contributed by atoms with Crippen LogP contribution in [0.25, 0.3) is 0 Å². The van der Waals surface area contributed by atoms with Crippen molar-refractivity contribution >= 4 is 22.3 Å². The van der Waals surface area contributed by atoms with Crippen LogP contribution in [0.15, 0.2) is 16.6 Å². The topological polar surface area (TPSA) is 54.2 Å². The Morgan fingerprint density at radius 2 is 2.16 bits per heavy atom. The predicted octanol–water partition coefficient (Wildman–Crippen LogP) is 0.0202. The first-order valence-electron chi connectivity index (χ1n) is 6.22. The molecule has 19 heavy (non-hydrogen) atoms. The molecule has 2 rings (SSSR count). The normalized spacial score (nSPS) is 16.4. The van der Waals surface area contributed by atoms with Gasteiger partial charge in [-0.2, -0.15) is 0 Å². The molecular formula is C13H18BrN2O3+. The van der Waals surface area contributed by atoms with E-state index in [1.807, 2.05) is 6.07 Å². The van der Waals surface area contributed by atoms with Crippen molar-refractivity contribution in [1.29, 1.82) is 0 Å². The van der Waals surface area contributed by atoms with E-state index < -0.39 is 0 Å². The Morgan fingerprint density at radius 1 is 1.47 bits per heavy atom. The number of benzene rings is 1. The molecule has 1 aliphatic heterocycles. The van der Waals surface area contributed by atoms with Crippen LogP contribution in [0.5, 0.6) is 11.5 Å². The lowest BCUT2D eigenvalue weighted by atomic mass is 10.1. The number of phenols is 1. The van der Waals surface area contributed by atoms with Crippen LogP contribution in [-0.2, 0) is 11.3 Å². The number of ether oxygens (including phenoxy) is 1. The summed E-state index contributed by atoms with van der Waals surface area (Å²) in [6.07, 6.45) is 0.899. The molecule has 6 heteroatoms. The molecule has 0 unspecified atom stereocenters. The molecule has 1 saturated heterocycles. The van der Waals surface area contributed by atoms with E-state index in [0.29, 0.717) is 5.75 Å². The molecule has 0 bridgehead atoms. The number of methoxy groups -OCH3 is 1. The third-order valence-electron chi connectivity index (χ3n) is 3.43. The average Bonchev–Trinajstić information content (AvgIpc) is 2.43. The highest BCUT2D eigenvalue weighted by molar-refractivity contribution is 9.10. The molecule has 0 aromatic heterocycles. The SMILES string of the molecule is COc1cc(Br)cc(C[NH+]2CCN(C=O)CC2)c1O. The van der Waals surface area contributed by atoms with Gasteiger partial charge in [0.25, 0.3) is 0 Å². The zero-order chi connectivity index (χ0) is 13.8. The number of hydrogen-bond donors (Lipinski definition) is 2. The number of phenolic OH excluding ortho intramolecular Hbond substituents is 1. The number of aromatic hydroxyl groups is 1. The number of carbonyl (C=O) groups excluding carboxylic acids is 1. The molecule has 1 fully saturated rings. The number of nitrogens with one attached hydrogen (secondary N) is 1. The number of amides is 1. The molecule has 0 radical (unpaired) electrons. The van der Waals surface area contributed by atoms with Gasteiger partial charge < -0.3 is 19.6 Å². The molecule has 1 aromatic carbocycles. The quantitative estimate of drug-likeness (QED) is 0.766. The number of nitrogens with zero attached hydrogens (tertiary/aromatic N) is 1. The van der Waals surface area contributed by atoms with E-state index >= 15 is 0 Å². The van der Waals surface area contributed by atoms with Crippen molar-refractivity contribution in [2.45, 2.75) is 6.54 Å². The molecule has 1 aliphatic rings. The van der Waals surface area contributed by atoms with Crippen LogP contribution in [0.1, 0.15) is 5.56 Å². The van der Waals surface area contributed by atoms with Gasteiger partial charge in [0.1, 0.15) is 6.54 Å². The van der Waals surface area contributed by atoms with E-state index in [1.165, 1.54) is 4.90 Å². The van der Waals surface area contributed by atoms with Crippen LogP contribution in [0, 0.1) is 0 Å². The van der Waals surface area contributed by atoms with Crippen molar-refractivity contribution in [3.8, 4) is 11.5 Å². The Morgan fingerprint density at radius 3 is 2.74 bits per heavy atom. The first-order chi connectivity index (χ1) is 9.13. The molecule has 0 saturated carbocycles. The van der Waals surface area contributed by atoms with Gasteiger partial charge in [-0.3, -0.25) is 4.79 Å². The molecule has 5 nitrogen and oxygen atoms in total. The van der Waals surface area contributed by atoms with Crippen molar-refractivity contribution in [1.82, 2.24) is 4.90 Å². The van der Waals surface area contributed by atoms with E-state index in [-0.39, 0.29) is 5.75 Å². The fourth-order valence-electron chi connectivity index (χ4n) is 2.31. The third-order valence-corrected chi connectivity index (χ3v) is 3.89. The van der Waals surface area contributed by atoms with Gasteiger partial charge in [-0.1, -0.05) is 15.9 Å². The number of piperazine rings is 1. The lowest BCUT2D eigenvalue weighted by Gasteiger charge is -2.30. The number of quaternary nitrogens is 1. The second kappa shape index (κ2) is 6.25. The van der Waals surface area contributed by atoms with Crippen LogP contribution >= 0.6 is 15.9 Å². The summed E-state index contributed by atoms with van der Waals surface area (Å²) < 4.78 is 6.04. The van der Waals surface area contributed by atoms with Crippen LogP contribution in [0.2, 0.25) is 0 Å². The maximum Gasteiger partial charge on any atom is 0.210 e. The van der Waals surface area contributed by atoms with E-state index in [2.05, 4.69) is 15.9 Å². The minimum atomic E-state index is 0.205. The van der Waals surface area contributed by atoms with Crippen LogP contribution in [-0.4, -0.2) is 49.7 Å². The zero-order valence-electron chi connectivity index (χ0n) is 10.9. The summed E-state index contributed by atoms with van der Waals surface area (Å²) in [6.45, 7) is 4.06. The standard InChI is InChI=1S/C13H17BrN2O3/c1-19-12-7-11(14)6-10(13(12)18)8-15-2-4-16(9-17)5-3-15/h6-7,9,18H,2-5,8H2,1H3/p+1. The van der Waals surface area contributed by atoms with E-state index in [9.17, 15) is 9.90 Å². The molecular weight excluding hydrogens is 312 g/mol. The molecule has 1 aromatic rings. The second-order valence-electron chi connectivity index (χ2n) is 4.68. The van der Waals surface area contributed by atoms with Crippen molar-refractivity contribution in [3.05, 3.63) is 22.2 Å². The molecule has 0 aliphatic carbocycles. The Kier molecular flexibility index (Phi) is 4.66. The van der Waals surface area contributed by atoms with Crippen LogP contribution in [0.4, 0.5) is 0 Å². The monoisotopic (exact) mass is 329 g/mol. The maximum atomic E-state index is 10.7. The lowest BCUT2D eigenvalue weighted by molar-refractivity contribution is -0.917. The van der Waals surface area contributed by atoms with Gasteiger partial charge in [0.05, 0.1) is 38.9 Å². The molecule has 2 N–H and O–H groups in total. The molecule has 1 heterocycles. The molecule has 0 atom stereocenters. The second-order valence-corrected chi connectivity index (χ2v) is 5.60. The highest BCUT2D eigenvalue weighted by atomic mass is 79.9. The average molecular weight is 330 g/mol. The summed E-state index contributed by atoms with van der Waals surface area (Å²) in [5.74, 6) is 0.686. The summed E-state index contributed by atoms with van der Waals surface area (Å²) in [5, 5.41) is 10.1. The first-order valence-corrected chi connectivity index (χ1v) is 7.01. The van der Waals surface area contributed by atoms with Crippen LogP contribution in [0.3, 0.4) is 0 Å². The molecule has 1 amide bonds. The highest BCUT2D eigenvalue weighted by Crippen LogP contribution is 2.33. The van der Waals surface area contributed by atoms with Gasteiger partial charge in [-0.15, -0.1) is 0 Å². The zero-order valence-corrected chi connectivity index (χ0v) is 12.4. The van der Waals surface area contributed by atoms with Crippen molar-refractivity contribution < 1.29 is 19.5 Å². The minimum Gasteiger partial charge on any atom is -0.504 e. The summed E-state index contributed by atoms with van der Waals surface area (Å²) in [6, 6.07) is 3.66. The fourth-order valence-corrected chi connectivity index (χ4v) is 2.79. The van der Waals surface area contributed by atoms with Gasteiger partial charge in [-0.05, 0) is 12.1 Å². The van der Waals surface area contributed by atoms with Crippen LogP contribution < -0.4 is 9.64 Å². The van der Waals surface area contributed by atoms with E-state index in [4.69, 9.17) is 4.74 Å². The van der Waals surface area contributed by atoms with Crippen molar-refractivity contribution in [3.63, 3.8) is 0 Å². The van der Waals surface area contributed by atoms with Gasteiger partial charge in [0.15, 0.2) is 11.5 Å². The Labute approximate surface area is 120 Å². The van der Waals surface area contributed by atoms with Gasteiger partial charge in [0, 0.05) is 4.47 Å². The summed E-state index contributed by atoms with van der Waals surface area (Å²) in [7, 11) is 1.54. The minimum absolute atomic E-state index is 0.205. The van der Waals surface area contributed by atoms with E-state index in [0.717, 1.165) is 49.2 Å². The van der Waals surface area contributed by atoms with Crippen molar-refractivity contribution in [2.24, 2.45) is 0 Å². The smallest absolute Gasteiger partial charge is 0.210 e. The summed E-state index contributed by atoms with van der Waals surface area (Å²) in [5.41, 5.74) is 0.862. The Hall–Kier alpha value is -1.27. The molecule has 0 spiro atoms. The third kappa shape index (κ3) is 3.39. The Balaban J connectivity index is 2.07. The highest BCUT2D eigenvalue weighted by Gasteiger charge is 2.21. The number of halogens is 1. The predicted molar refractivity (Wildman–Crippen MR) is 74.4 cm³/mol. The summed E-state index contributed by atoms with van der Waals surface area (Å²) >= 11 is 3.42. The van der Waals surface area contributed by atoms with Gasteiger partial charge in [-0.25, -0.2) is 0 Å². The molecule has 104 valence electrons. The van der Waals surface area contributed by atoms with E-state index in [1.54, 1.807) is 18.1 Å². The number of carbonyl (C=O) groups is 1. The van der Waals surface area contributed by atoms with Gasteiger partial charge >= 0.3 is 0 Å². The first kappa shape index (κ1) is 14.1. The van der Waals surface area contributed by atoms with Crippen molar-refractivity contribution in [2.75, 3.05) is 33.3 Å². The Bertz CT molecular complexity index is 459. The summed E-state index contributed by atoms with van der Waals surface area (Å²) in [4.78, 5) is 13.8. The lowest BCUT2D eigenvalue weighted by Crippen LogP contribution is -3.13. The maximum absolute atomic E-state index is 10.7. The van der Waals surface area contributed by atoms with Gasteiger partial charge in [0.2, 0.25) is 6.41 Å².